The second kappa shape index (κ2) is 10.4. The van der Waals surface area contributed by atoms with E-state index in [1.807, 2.05) is 66.2 Å². The number of hydrogen-bond donors (Lipinski definition) is 1. The van der Waals surface area contributed by atoms with E-state index in [-0.39, 0.29) is 12.5 Å². The fourth-order valence-corrected chi connectivity index (χ4v) is 3.27. The molecule has 2 heterocycles. The summed E-state index contributed by atoms with van der Waals surface area (Å²) in [6, 6.07) is 18.6. The zero-order chi connectivity index (χ0) is 23.0. The summed E-state index contributed by atoms with van der Waals surface area (Å²) in [6.45, 7) is 2.82. The Morgan fingerprint density at radius 2 is 1.91 bits per heavy atom. The van der Waals surface area contributed by atoms with Gasteiger partial charge in [0.05, 0.1) is 19.4 Å². The van der Waals surface area contributed by atoms with Crippen LogP contribution in [0.5, 0.6) is 17.2 Å². The lowest BCUT2D eigenvalue weighted by Crippen LogP contribution is -2.08. The van der Waals surface area contributed by atoms with E-state index in [2.05, 4.69) is 10.3 Å². The number of nitrogens with one attached hydrogen (secondary N) is 1. The molecule has 0 aliphatic rings. The Balaban J connectivity index is 1.40. The van der Waals surface area contributed by atoms with Gasteiger partial charge in [0.15, 0.2) is 11.5 Å². The number of imidazole rings is 1. The highest BCUT2D eigenvalue weighted by atomic mass is 16.5. The molecular weight excluding hydrogens is 418 g/mol. The lowest BCUT2D eigenvalue weighted by Gasteiger charge is -2.12. The molecule has 0 saturated heterocycles. The van der Waals surface area contributed by atoms with E-state index >= 15 is 0 Å². The van der Waals surface area contributed by atoms with Crippen LogP contribution in [0.3, 0.4) is 0 Å². The molecule has 0 saturated carbocycles. The number of rotatable bonds is 9. The SMILES string of the molecule is CCOc1ccc(C=CC(=O)Nc2ccc(OC)c(OCc3cn4ccccc4n3)c2)cc1. The molecule has 0 aliphatic heterocycles. The van der Waals surface area contributed by atoms with E-state index < -0.39 is 0 Å². The van der Waals surface area contributed by atoms with E-state index in [1.54, 1.807) is 31.4 Å². The third-order valence-electron chi connectivity index (χ3n) is 4.84. The van der Waals surface area contributed by atoms with Gasteiger partial charge in [-0.1, -0.05) is 18.2 Å². The van der Waals surface area contributed by atoms with Gasteiger partial charge in [-0.2, -0.15) is 0 Å². The number of amides is 1. The number of methoxy groups -OCH3 is 1. The lowest BCUT2D eigenvalue weighted by molar-refractivity contribution is -0.111. The van der Waals surface area contributed by atoms with Crippen molar-refractivity contribution in [1.29, 1.82) is 0 Å². The van der Waals surface area contributed by atoms with Crippen LogP contribution in [0.25, 0.3) is 11.7 Å². The van der Waals surface area contributed by atoms with E-state index in [0.29, 0.717) is 23.8 Å². The minimum absolute atomic E-state index is 0.250. The molecule has 7 heteroatoms. The van der Waals surface area contributed by atoms with Gasteiger partial charge in [-0.15, -0.1) is 0 Å². The van der Waals surface area contributed by atoms with Crippen molar-refractivity contribution >= 4 is 23.3 Å². The molecule has 0 fully saturated rings. The smallest absolute Gasteiger partial charge is 0.248 e. The molecule has 0 aliphatic carbocycles. The van der Waals surface area contributed by atoms with Crippen molar-refractivity contribution in [3.8, 4) is 17.2 Å². The van der Waals surface area contributed by atoms with E-state index in [4.69, 9.17) is 14.2 Å². The molecule has 0 unspecified atom stereocenters. The molecule has 0 radical (unpaired) electrons. The van der Waals surface area contributed by atoms with Crippen LogP contribution in [0.1, 0.15) is 18.2 Å². The highest BCUT2D eigenvalue weighted by Crippen LogP contribution is 2.31. The summed E-state index contributed by atoms with van der Waals surface area (Å²) in [4.78, 5) is 16.9. The van der Waals surface area contributed by atoms with Crippen LogP contribution in [-0.2, 0) is 11.4 Å². The average Bonchev–Trinajstić information content (AvgIpc) is 3.26. The highest BCUT2D eigenvalue weighted by molar-refractivity contribution is 6.02. The van der Waals surface area contributed by atoms with Gasteiger partial charge in [-0.25, -0.2) is 4.98 Å². The second-order valence-electron chi connectivity index (χ2n) is 7.18. The molecule has 4 aromatic rings. The number of benzene rings is 2. The summed E-state index contributed by atoms with van der Waals surface area (Å²) in [5.74, 6) is 1.64. The van der Waals surface area contributed by atoms with Gasteiger partial charge in [0.1, 0.15) is 18.0 Å². The summed E-state index contributed by atoms with van der Waals surface area (Å²) in [6.07, 6.45) is 7.08. The molecular formula is C26H25N3O4. The number of carbonyl (C=O) groups excluding carboxylic acids is 1. The Bertz CT molecular complexity index is 1230. The molecule has 33 heavy (non-hydrogen) atoms. The fourth-order valence-electron chi connectivity index (χ4n) is 3.27. The van der Waals surface area contributed by atoms with Crippen molar-refractivity contribution in [2.75, 3.05) is 19.0 Å². The Hall–Kier alpha value is -4.26. The third kappa shape index (κ3) is 5.71. The zero-order valence-corrected chi connectivity index (χ0v) is 18.5. The van der Waals surface area contributed by atoms with Gasteiger partial charge in [-0.05, 0) is 55.0 Å². The summed E-state index contributed by atoms with van der Waals surface area (Å²) < 4.78 is 18.7. The number of anilines is 1. The van der Waals surface area contributed by atoms with E-state index in [1.165, 1.54) is 6.08 Å². The summed E-state index contributed by atoms with van der Waals surface area (Å²) >= 11 is 0. The van der Waals surface area contributed by atoms with Crippen LogP contribution in [0, 0.1) is 0 Å². The summed E-state index contributed by atoms with van der Waals surface area (Å²) in [5.41, 5.74) is 3.14. The lowest BCUT2D eigenvalue weighted by atomic mass is 10.2. The van der Waals surface area contributed by atoms with Crippen molar-refractivity contribution in [3.05, 3.63) is 90.4 Å². The predicted octanol–water partition coefficient (Wildman–Crippen LogP) is 4.97. The van der Waals surface area contributed by atoms with Crippen molar-refractivity contribution < 1.29 is 19.0 Å². The zero-order valence-electron chi connectivity index (χ0n) is 18.5. The van der Waals surface area contributed by atoms with Crippen LogP contribution in [0.15, 0.2) is 79.1 Å². The number of pyridine rings is 1. The number of fused-ring (bicyclic) bond motifs is 1. The largest absolute Gasteiger partial charge is 0.494 e. The number of hydrogen-bond acceptors (Lipinski definition) is 5. The minimum Gasteiger partial charge on any atom is -0.494 e. The molecule has 0 bridgehead atoms. The summed E-state index contributed by atoms with van der Waals surface area (Å²) in [5, 5.41) is 2.85. The Morgan fingerprint density at radius 1 is 1.06 bits per heavy atom. The van der Waals surface area contributed by atoms with Gasteiger partial charge in [-0.3, -0.25) is 4.79 Å². The molecule has 0 spiro atoms. The number of aromatic nitrogens is 2. The van der Waals surface area contributed by atoms with Gasteiger partial charge in [0.2, 0.25) is 5.91 Å². The normalized spacial score (nSPS) is 11.0. The van der Waals surface area contributed by atoms with Gasteiger partial charge in [0, 0.05) is 30.2 Å². The molecule has 7 nitrogen and oxygen atoms in total. The van der Waals surface area contributed by atoms with Crippen LogP contribution >= 0.6 is 0 Å². The molecule has 2 aromatic heterocycles. The average molecular weight is 444 g/mol. The van der Waals surface area contributed by atoms with E-state index in [9.17, 15) is 4.79 Å². The number of nitrogens with zero attached hydrogens (tertiary/aromatic N) is 2. The molecule has 2 aromatic carbocycles. The van der Waals surface area contributed by atoms with Crippen LogP contribution in [-0.4, -0.2) is 29.0 Å². The topological polar surface area (TPSA) is 74.1 Å². The Labute approximate surface area is 192 Å². The van der Waals surface area contributed by atoms with Crippen LogP contribution in [0.2, 0.25) is 0 Å². The Morgan fingerprint density at radius 3 is 2.67 bits per heavy atom. The van der Waals surface area contributed by atoms with Gasteiger partial charge < -0.3 is 23.9 Å². The minimum atomic E-state index is -0.250. The number of ether oxygens (including phenoxy) is 3. The summed E-state index contributed by atoms with van der Waals surface area (Å²) in [7, 11) is 1.57. The maximum atomic E-state index is 12.4. The predicted molar refractivity (Wildman–Crippen MR) is 128 cm³/mol. The number of carbonyl (C=O) groups is 1. The Kier molecular flexibility index (Phi) is 6.90. The quantitative estimate of drug-likeness (QED) is 0.370. The van der Waals surface area contributed by atoms with Crippen molar-refractivity contribution in [1.82, 2.24) is 9.38 Å². The fraction of sp³-hybridized carbons (Fsp3) is 0.154. The first-order valence-electron chi connectivity index (χ1n) is 10.6. The molecule has 1 N–H and O–H groups in total. The monoisotopic (exact) mass is 443 g/mol. The third-order valence-corrected chi connectivity index (χ3v) is 4.84. The maximum Gasteiger partial charge on any atom is 0.248 e. The van der Waals surface area contributed by atoms with Gasteiger partial charge in [0.25, 0.3) is 0 Å². The maximum absolute atomic E-state index is 12.4. The van der Waals surface area contributed by atoms with Crippen LogP contribution in [0.4, 0.5) is 5.69 Å². The highest BCUT2D eigenvalue weighted by Gasteiger charge is 2.09. The first-order chi connectivity index (χ1) is 16.1. The molecule has 4 rings (SSSR count). The standard InChI is InChI=1S/C26H25N3O4/c1-3-32-22-11-7-19(8-12-22)9-14-26(30)28-20-10-13-23(31-2)24(16-20)33-18-21-17-29-15-5-4-6-25(29)27-21/h4-17H,3,18H2,1-2H3,(H,28,30). The first-order valence-corrected chi connectivity index (χ1v) is 10.6. The molecule has 1 amide bonds. The molecule has 168 valence electrons. The van der Waals surface area contributed by atoms with E-state index in [0.717, 1.165) is 22.7 Å². The van der Waals surface area contributed by atoms with Crippen LogP contribution < -0.4 is 19.5 Å². The first kappa shape index (κ1) is 22.0. The van der Waals surface area contributed by atoms with Crippen molar-refractivity contribution in [2.45, 2.75) is 13.5 Å². The molecule has 0 atom stereocenters. The second-order valence-corrected chi connectivity index (χ2v) is 7.18. The van der Waals surface area contributed by atoms with Crippen molar-refractivity contribution in [3.63, 3.8) is 0 Å². The van der Waals surface area contributed by atoms with Gasteiger partial charge >= 0.3 is 0 Å². The van der Waals surface area contributed by atoms with Crippen molar-refractivity contribution in [2.24, 2.45) is 0 Å².